The van der Waals surface area contributed by atoms with Crippen molar-refractivity contribution in [2.75, 3.05) is 5.32 Å². The van der Waals surface area contributed by atoms with Crippen LogP contribution in [0.4, 0.5) is 5.69 Å². The molecule has 0 bridgehead atoms. The molecular formula is C27H30N4O3. The van der Waals surface area contributed by atoms with Gasteiger partial charge in [-0.2, -0.15) is 5.10 Å². The molecule has 176 valence electrons. The summed E-state index contributed by atoms with van der Waals surface area (Å²) >= 11 is 0. The first-order chi connectivity index (χ1) is 16.2. The summed E-state index contributed by atoms with van der Waals surface area (Å²) < 4.78 is 13.2. The first-order valence-corrected chi connectivity index (χ1v) is 11.3. The molecule has 4 rings (SSSR count). The molecule has 1 amide bonds. The summed E-state index contributed by atoms with van der Waals surface area (Å²) in [6.07, 6.45) is 0. The van der Waals surface area contributed by atoms with Gasteiger partial charge in [0, 0.05) is 0 Å². The molecule has 2 heterocycles. The highest BCUT2D eigenvalue weighted by molar-refractivity contribution is 6.04. The van der Waals surface area contributed by atoms with Gasteiger partial charge in [-0.05, 0) is 75.9 Å². The SMILES string of the molecule is Cc1cc(C)cc(OCc2c(C(=O)Nc3c(C)nn(Cc4ccccc4C)c3C)noc2C)c1. The standard InChI is InChI=1S/C27H30N4O3/c1-16-11-17(2)13-23(12-16)33-15-24-21(6)34-30-26(24)27(32)28-25-19(4)29-31(20(25)5)14-22-10-8-7-9-18(22)3/h7-13H,14-15H2,1-6H3,(H,28,32). The Labute approximate surface area is 199 Å². The predicted molar refractivity (Wildman–Crippen MR) is 131 cm³/mol. The highest BCUT2D eigenvalue weighted by Crippen LogP contribution is 2.24. The van der Waals surface area contributed by atoms with E-state index in [1.54, 1.807) is 6.92 Å². The zero-order valence-electron chi connectivity index (χ0n) is 20.5. The number of hydrogen-bond acceptors (Lipinski definition) is 5. The second kappa shape index (κ2) is 9.55. The third-order valence-electron chi connectivity index (χ3n) is 5.98. The first kappa shape index (κ1) is 23.3. The van der Waals surface area contributed by atoms with E-state index in [0.717, 1.165) is 28.3 Å². The topological polar surface area (TPSA) is 82.2 Å². The van der Waals surface area contributed by atoms with E-state index < -0.39 is 0 Å². The highest BCUT2D eigenvalue weighted by atomic mass is 16.5. The Kier molecular flexibility index (Phi) is 6.54. The quantitative estimate of drug-likeness (QED) is 0.390. The Morgan fingerprint density at radius 2 is 1.74 bits per heavy atom. The molecule has 2 aromatic heterocycles. The minimum Gasteiger partial charge on any atom is -0.489 e. The van der Waals surface area contributed by atoms with Crippen molar-refractivity contribution in [3.8, 4) is 5.75 Å². The predicted octanol–water partition coefficient (Wildman–Crippen LogP) is 5.60. The third-order valence-corrected chi connectivity index (χ3v) is 5.98. The van der Waals surface area contributed by atoms with Crippen molar-refractivity contribution in [3.63, 3.8) is 0 Å². The van der Waals surface area contributed by atoms with Crippen LogP contribution in [0.2, 0.25) is 0 Å². The van der Waals surface area contributed by atoms with Crippen LogP contribution in [0, 0.1) is 41.5 Å². The summed E-state index contributed by atoms with van der Waals surface area (Å²) in [7, 11) is 0. The fourth-order valence-electron chi connectivity index (χ4n) is 4.06. The molecule has 0 spiro atoms. The molecule has 0 aliphatic carbocycles. The van der Waals surface area contributed by atoms with Gasteiger partial charge in [-0.3, -0.25) is 9.48 Å². The van der Waals surface area contributed by atoms with Gasteiger partial charge in [0.15, 0.2) is 5.69 Å². The van der Waals surface area contributed by atoms with Gasteiger partial charge in [0.1, 0.15) is 18.1 Å². The molecule has 1 N–H and O–H groups in total. The van der Waals surface area contributed by atoms with Gasteiger partial charge in [-0.25, -0.2) is 0 Å². The zero-order valence-corrected chi connectivity index (χ0v) is 20.5. The zero-order chi connectivity index (χ0) is 24.4. The number of amides is 1. The highest BCUT2D eigenvalue weighted by Gasteiger charge is 2.23. The number of nitrogens with zero attached hydrogens (tertiary/aromatic N) is 3. The number of carbonyl (C=O) groups excluding carboxylic acids is 1. The van der Waals surface area contributed by atoms with Gasteiger partial charge in [0.05, 0.1) is 29.2 Å². The molecule has 0 aliphatic rings. The lowest BCUT2D eigenvalue weighted by atomic mass is 10.1. The summed E-state index contributed by atoms with van der Waals surface area (Å²) in [4.78, 5) is 13.2. The molecule has 0 fully saturated rings. The lowest BCUT2D eigenvalue weighted by Gasteiger charge is -2.10. The Morgan fingerprint density at radius 1 is 1.03 bits per heavy atom. The smallest absolute Gasteiger partial charge is 0.278 e. The van der Waals surface area contributed by atoms with Crippen LogP contribution in [0.1, 0.15) is 55.5 Å². The maximum absolute atomic E-state index is 13.2. The van der Waals surface area contributed by atoms with Gasteiger partial charge in [-0.1, -0.05) is 35.5 Å². The maximum Gasteiger partial charge on any atom is 0.278 e. The molecule has 4 aromatic rings. The van der Waals surface area contributed by atoms with Crippen LogP contribution >= 0.6 is 0 Å². The summed E-state index contributed by atoms with van der Waals surface area (Å²) in [5.74, 6) is 0.948. The van der Waals surface area contributed by atoms with Crippen LogP contribution in [0.15, 0.2) is 47.0 Å². The number of aromatic nitrogens is 3. The molecule has 2 aromatic carbocycles. The van der Waals surface area contributed by atoms with Crippen LogP contribution in [0.5, 0.6) is 5.75 Å². The maximum atomic E-state index is 13.2. The molecule has 0 unspecified atom stereocenters. The number of benzene rings is 2. The average Bonchev–Trinajstić information content (AvgIpc) is 3.27. The van der Waals surface area contributed by atoms with E-state index in [2.05, 4.69) is 40.7 Å². The van der Waals surface area contributed by atoms with Crippen LogP contribution < -0.4 is 10.1 Å². The number of anilines is 1. The van der Waals surface area contributed by atoms with E-state index in [-0.39, 0.29) is 18.2 Å². The monoisotopic (exact) mass is 458 g/mol. The van der Waals surface area contributed by atoms with Crippen molar-refractivity contribution in [2.45, 2.75) is 54.7 Å². The molecule has 0 saturated heterocycles. The molecule has 7 heteroatoms. The van der Waals surface area contributed by atoms with Gasteiger partial charge in [-0.15, -0.1) is 0 Å². The molecule has 0 atom stereocenters. The van der Waals surface area contributed by atoms with Crippen molar-refractivity contribution in [3.05, 3.63) is 93.1 Å². The van der Waals surface area contributed by atoms with Crippen molar-refractivity contribution >= 4 is 11.6 Å². The normalized spacial score (nSPS) is 11.0. The van der Waals surface area contributed by atoms with Crippen LogP contribution in [-0.2, 0) is 13.2 Å². The number of nitrogens with one attached hydrogen (secondary N) is 1. The van der Waals surface area contributed by atoms with E-state index in [1.807, 2.05) is 56.6 Å². The number of rotatable bonds is 7. The van der Waals surface area contributed by atoms with E-state index in [9.17, 15) is 4.79 Å². The second-order valence-corrected chi connectivity index (χ2v) is 8.76. The second-order valence-electron chi connectivity index (χ2n) is 8.76. The van der Waals surface area contributed by atoms with E-state index in [4.69, 9.17) is 9.26 Å². The molecular weight excluding hydrogens is 428 g/mol. The lowest BCUT2D eigenvalue weighted by Crippen LogP contribution is -2.16. The van der Waals surface area contributed by atoms with Crippen LogP contribution in [0.25, 0.3) is 0 Å². The number of carbonyl (C=O) groups is 1. The molecule has 0 radical (unpaired) electrons. The van der Waals surface area contributed by atoms with Crippen LogP contribution in [-0.4, -0.2) is 20.8 Å². The number of aryl methyl sites for hydroxylation is 5. The van der Waals surface area contributed by atoms with Crippen molar-refractivity contribution in [1.29, 1.82) is 0 Å². The van der Waals surface area contributed by atoms with Crippen molar-refractivity contribution < 1.29 is 14.1 Å². The van der Waals surface area contributed by atoms with Gasteiger partial charge in [0.2, 0.25) is 0 Å². The number of hydrogen-bond donors (Lipinski definition) is 1. The largest absolute Gasteiger partial charge is 0.489 e. The fourth-order valence-corrected chi connectivity index (χ4v) is 4.06. The van der Waals surface area contributed by atoms with E-state index in [1.165, 1.54) is 11.1 Å². The third kappa shape index (κ3) is 4.88. The summed E-state index contributed by atoms with van der Waals surface area (Å²) in [6, 6.07) is 14.2. The van der Waals surface area contributed by atoms with Gasteiger partial charge >= 0.3 is 0 Å². The van der Waals surface area contributed by atoms with E-state index >= 15 is 0 Å². The Bertz CT molecular complexity index is 1330. The van der Waals surface area contributed by atoms with Crippen molar-refractivity contribution in [1.82, 2.24) is 14.9 Å². The summed E-state index contributed by atoms with van der Waals surface area (Å²) in [6.45, 7) is 12.6. The van der Waals surface area contributed by atoms with Gasteiger partial charge < -0.3 is 14.6 Å². The number of ether oxygens (including phenoxy) is 1. The molecule has 7 nitrogen and oxygen atoms in total. The molecule has 34 heavy (non-hydrogen) atoms. The van der Waals surface area contributed by atoms with Gasteiger partial charge in [0.25, 0.3) is 5.91 Å². The summed E-state index contributed by atoms with van der Waals surface area (Å²) in [5, 5.41) is 11.6. The minimum atomic E-state index is -0.350. The Balaban J connectivity index is 1.52. The molecule has 0 saturated carbocycles. The summed E-state index contributed by atoms with van der Waals surface area (Å²) in [5.41, 5.74) is 7.76. The minimum absolute atomic E-state index is 0.186. The fraction of sp³-hybridized carbons (Fsp3) is 0.296. The van der Waals surface area contributed by atoms with Crippen molar-refractivity contribution in [2.24, 2.45) is 0 Å². The Morgan fingerprint density at radius 3 is 2.44 bits per heavy atom. The average molecular weight is 459 g/mol. The van der Waals surface area contributed by atoms with Crippen LogP contribution in [0.3, 0.4) is 0 Å². The Hall–Kier alpha value is -3.87. The first-order valence-electron chi connectivity index (χ1n) is 11.3. The van der Waals surface area contributed by atoms with E-state index in [0.29, 0.717) is 23.6 Å². The molecule has 0 aliphatic heterocycles. The lowest BCUT2D eigenvalue weighted by molar-refractivity contribution is 0.101.